The van der Waals surface area contributed by atoms with Crippen LogP contribution in [0, 0.1) is 17.8 Å². The van der Waals surface area contributed by atoms with Crippen molar-refractivity contribution < 1.29 is 23.1 Å². The summed E-state index contributed by atoms with van der Waals surface area (Å²) in [4.78, 5) is 25.0. The number of hydrazine groups is 1. The third-order valence-electron chi connectivity index (χ3n) is 4.70. The summed E-state index contributed by atoms with van der Waals surface area (Å²) in [5, 5.41) is 10.9. The Morgan fingerprint density at radius 2 is 1.62 bits per heavy atom. The van der Waals surface area contributed by atoms with Crippen LogP contribution >= 0.6 is 0 Å². The summed E-state index contributed by atoms with van der Waals surface area (Å²) < 4.78 is 25.9. The molecule has 1 aliphatic carbocycles. The van der Waals surface area contributed by atoms with E-state index in [9.17, 15) is 23.1 Å². The molecule has 1 rings (SSSR count). The molecule has 8 heteroatoms. The summed E-state index contributed by atoms with van der Waals surface area (Å²) in [6.07, 6.45) is 4.97. The first-order valence-corrected chi connectivity index (χ1v) is 11.3. The second-order valence-corrected chi connectivity index (χ2v) is 10.0. The Bertz CT molecular complexity index is 582. The highest BCUT2D eigenvalue weighted by Gasteiger charge is 2.43. The molecule has 152 valence electrons. The molecule has 0 unspecified atom stereocenters. The van der Waals surface area contributed by atoms with E-state index < -0.39 is 27.9 Å². The van der Waals surface area contributed by atoms with Crippen LogP contribution in [0.15, 0.2) is 0 Å². The fourth-order valence-electron chi connectivity index (χ4n) is 3.42. The lowest BCUT2D eigenvalue weighted by Gasteiger charge is -2.40. The summed E-state index contributed by atoms with van der Waals surface area (Å²) >= 11 is 0. The van der Waals surface area contributed by atoms with E-state index in [1.54, 1.807) is 0 Å². The Balaban J connectivity index is 3.32. The number of hydrogen-bond donors (Lipinski definition) is 1. The molecule has 0 aliphatic heterocycles. The minimum Gasteiger partial charge on any atom is -0.480 e. The molecule has 1 amide bonds. The van der Waals surface area contributed by atoms with Crippen LogP contribution in [0.3, 0.4) is 0 Å². The van der Waals surface area contributed by atoms with Crippen molar-refractivity contribution in [3.05, 3.63) is 0 Å². The lowest BCUT2D eigenvalue weighted by Crippen LogP contribution is -2.59. The highest BCUT2D eigenvalue weighted by atomic mass is 32.2. The summed E-state index contributed by atoms with van der Waals surface area (Å²) in [5.74, 6) is -1.54. The van der Waals surface area contributed by atoms with Gasteiger partial charge in [0.1, 0.15) is 6.04 Å². The molecule has 1 saturated carbocycles. The van der Waals surface area contributed by atoms with Gasteiger partial charge >= 0.3 is 5.97 Å². The van der Waals surface area contributed by atoms with E-state index in [0.29, 0.717) is 19.3 Å². The van der Waals surface area contributed by atoms with E-state index in [0.717, 1.165) is 28.5 Å². The van der Waals surface area contributed by atoms with Gasteiger partial charge in [0.25, 0.3) is 0 Å². The van der Waals surface area contributed by atoms with Crippen molar-refractivity contribution in [2.45, 2.75) is 72.3 Å². The van der Waals surface area contributed by atoms with Gasteiger partial charge in [0.2, 0.25) is 15.9 Å². The first kappa shape index (κ1) is 22.9. The molecule has 0 heterocycles. The standard InChI is InChI=1S/C18H34N2O5S/c1-13(2)10-11-16(21)20(19(12-14(3)4)26(5,24)25)17(18(22)23)15-8-6-7-9-15/h13-15,17H,6-12H2,1-5H3,(H,22,23)/t17-/m1/s1. The van der Waals surface area contributed by atoms with Gasteiger partial charge in [-0.2, -0.15) is 0 Å². The van der Waals surface area contributed by atoms with Crippen LogP contribution in [0.2, 0.25) is 0 Å². The van der Waals surface area contributed by atoms with Crippen molar-refractivity contribution in [3.8, 4) is 0 Å². The Kier molecular flexibility index (Phi) is 8.53. The molecule has 0 aromatic rings. The van der Waals surface area contributed by atoms with Gasteiger partial charge in [-0.15, -0.1) is 4.41 Å². The lowest BCUT2D eigenvalue weighted by atomic mass is 9.97. The number of carbonyl (C=O) groups is 2. The summed E-state index contributed by atoms with van der Waals surface area (Å²) in [6.45, 7) is 7.74. The Hall–Kier alpha value is -1.15. The fourth-order valence-corrected chi connectivity index (χ4v) is 4.50. The summed E-state index contributed by atoms with van der Waals surface area (Å²) in [7, 11) is -3.78. The molecule has 1 fully saturated rings. The molecule has 0 radical (unpaired) electrons. The van der Waals surface area contributed by atoms with E-state index in [-0.39, 0.29) is 30.7 Å². The number of rotatable bonds is 10. The second kappa shape index (κ2) is 9.69. The lowest BCUT2D eigenvalue weighted by molar-refractivity contribution is -0.164. The minimum absolute atomic E-state index is 0.0388. The van der Waals surface area contributed by atoms with Gasteiger partial charge in [-0.25, -0.2) is 18.2 Å². The number of aliphatic carboxylic acids is 1. The maximum Gasteiger partial charge on any atom is 0.328 e. The molecule has 0 bridgehead atoms. The monoisotopic (exact) mass is 390 g/mol. The highest BCUT2D eigenvalue weighted by Crippen LogP contribution is 2.32. The van der Waals surface area contributed by atoms with Crippen LogP contribution in [-0.4, -0.2) is 53.7 Å². The Labute approximate surface area is 157 Å². The fraction of sp³-hybridized carbons (Fsp3) is 0.889. The summed E-state index contributed by atoms with van der Waals surface area (Å²) in [6, 6.07) is -1.13. The third kappa shape index (κ3) is 6.54. The zero-order valence-electron chi connectivity index (χ0n) is 16.6. The smallest absolute Gasteiger partial charge is 0.328 e. The van der Waals surface area contributed by atoms with Crippen LogP contribution in [0.5, 0.6) is 0 Å². The predicted octanol–water partition coefficient (Wildman–Crippen LogP) is 2.73. The highest BCUT2D eigenvalue weighted by molar-refractivity contribution is 7.88. The average Bonchev–Trinajstić information content (AvgIpc) is 3.00. The Morgan fingerprint density at radius 1 is 1.08 bits per heavy atom. The van der Waals surface area contributed by atoms with Gasteiger partial charge in [-0.05, 0) is 37.0 Å². The number of hydrogen-bond acceptors (Lipinski definition) is 4. The van der Waals surface area contributed by atoms with Crippen molar-refractivity contribution in [1.29, 1.82) is 0 Å². The molecular formula is C18H34N2O5S. The van der Waals surface area contributed by atoms with Crippen molar-refractivity contribution in [3.63, 3.8) is 0 Å². The number of nitrogens with zero attached hydrogens (tertiary/aromatic N) is 2. The van der Waals surface area contributed by atoms with E-state index in [2.05, 4.69) is 0 Å². The van der Waals surface area contributed by atoms with Crippen LogP contribution in [0.1, 0.15) is 66.2 Å². The molecule has 0 aromatic heterocycles. The Morgan fingerprint density at radius 3 is 2.00 bits per heavy atom. The normalized spacial score (nSPS) is 17.2. The first-order chi connectivity index (χ1) is 11.9. The van der Waals surface area contributed by atoms with Crippen molar-refractivity contribution in [2.24, 2.45) is 17.8 Å². The average molecular weight is 391 g/mol. The van der Waals surface area contributed by atoms with E-state index >= 15 is 0 Å². The van der Waals surface area contributed by atoms with Crippen LogP contribution < -0.4 is 0 Å². The topological polar surface area (TPSA) is 95.0 Å². The second-order valence-electron chi connectivity index (χ2n) is 8.16. The number of amides is 1. The van der Waals surface area contributed by atoms with E-state index in [1.807, 2.05) is 27.7 Å². The van der Waals surface area contributed by atoms with Crippen LogP contribution in [0.25, 0.3) is 0 Å². The van der Waals surface area contributed by atoms with Gasteiger partial charge in [0.05, 0.1) is 6.26 Å². The third-order valence-corrected chi connectivity index (χ3v) is 5.79. The molecule has 1 N–H and O–H groups in total. The SMILES string of the molecule is CC(C)CCC(=O)N([C@@H](C(=O)O)C1CCCC1)N(CC(C)C)S(C)(=O)=O. The van der Waals surface area contributed by atoms with Gasteiger partial charge in [-0.3, -0.25) is 4.79 Å². The zero-order chi connectivity index (χ0) is 20.1. The molecule has 1 atom stereocenters. The predicted molar refractivity (Wildman–Crippen MR) is 101 cm³/mol. The zero-order valence-corrected chi connectivity index (χ0v) is 17.5. The minimum atomic E-state index is -3.78. The van der Waals surface area contributed by atoms with Gasteiger partial charge in [0.15, 0.2) is 0 Å². The number of carbonyl (C=O) groups excluding carboxylic acids is 1. The van der Waals surface area contributed by atoms with E-state index in [4.69, 9.17) is 0 Å². The van der Waals surface area contributed by atoms with Gasteiger partial charge < -0.3 is 5.11 Å². The van der Waals surface area contributed by atoms with Gasteiger partial charge in [-0.1, -0.05) is 40.5 Å². The number of carboxylic acids is 1. The summed E-state index contributed by atoms with van der Waals surface area (Å²) in [5.41, 5.74) is 0. The van der Waals surface area contributed by atoms with Crippen LogP contribution in [0.4, 0.5) is 0 Å². The number of carboxylic acid groups (broad SMARTS) is 1. The molecular weight excluding hydrogens is 356 g/mol. The maximum absolute atomic E-state index is 13.0. The van der Waals surface area contributed by atoms with Crippen molar-refractivity contribution in [2.75, 3.05) is 12.8 Å². The van der Waals surface area contributed by atoms with Crippen LogP contribution in [-0.2, 0) is 19.6 Å². The quantitative estimate of drug-likeness (QED) is 0.579. The molecule has 7 nitrogen and oxygen atoms in total. The maximum atomic E-state index is 13.0. The van der Waals surface area contributed by atoms with Crippen molar-refractivity contribution in [1.82, 2.24) is 9.42 Å². The van der Waals surface area contributed by atoms with Gasteiger partial charge in [0, 0.05) is 13.0 Å². The molecule has 0 spiro atoms. The van der Waals surface area contributed by atoms with Crippen molar-refractivity contribution >= 4 is 21.9 Å². The molecule has 26 heavy (non-hydrogen) atoms. The molecule has 0 aromatic carbocycles. The number of sulfonamides is 1. The molecule has 0 saturated heterocycles. The first-order valence-electron chi connectivity index (χ1n) is 9.47. The van der Waals surface area contributed by atoms with E-state index in [1.165, 1.54) is 0 Å². The molecule has 1 aliphatic rings. The largest absolute Gasteiger partial charge is 0.480 e.